The highest BCUT2D eigenvalue weighted by Crippen LogP contribution is 2.29. The second-order valence-corrected chi connectivity index (χ2v) is 7.98. The first-order chi connectivity index (χ1) is 14.9. The van der Waals surface area contributed by atoms with Crippen molar-refractivity contribution in [2.24, 2.45) is 0 Å². The summed E-state index contributed by atoms with van der Waals surface area (Å²) in [5.74, 6) is 0.243. The minimum absolute atomic E-state index is 0.194. The molecule has 4 aromatic heterocycles. The van der Waals surface area contributed by atoms with Crippen LogP contribution in [0.1, 0.15) is 28.1 Å². The third-order valence-corrected chi connectivity index (χ3v) is 5.66. The lowest BCUT2D eigenvalue weighted by molar-refractivity contribution is 0.583. The summed E-state index contributed by atoms with van der Waals surface area (Å²) in [4.78, 5) is 27.3. The van der Waals surface area contributed by atoms with Crippen molar-refractivity contribution in [1.82, 2.24) is 24.6 Å². The fraction of sp³-hybridized carbons (Fsp3) is 0.261. The highest BCUT2D eigenvalue weighted by Gasteiger charge is 2.22. The van der Waals surface area contributed by atoms with Gasteiger partial charge in [0, 0.05) is 61.0 Å². The fourth-order valence-corrected chi connectivity index (χ4v) is 4.11. The van der Waals surface area contributed by atoms with Crippen LogP contribution in [-0.2, 0) is 13.0 Å². The Bertz CT molecular complexity index is 1400. The molecule has 4 aromatic rings. The van der Waals surface area contributed by atoms with Crippen LogP contribution in [0.2, 0.25) is 0 Å². The van der Waals surface area contributed by atoms with Crippen molar-refractivity contribution in [2.45, 2.75) is 33.7 Å². The van der Waals surface area contributed by atoms with Gasteiger partial charge in [-0.2, -0.15) is 8.91 Å². The predicted molar refractivity (Wildman–Crippen MR) is 116 cm³/mol. The number of aromatic nitrogens is 5. The van der Waals surface area contributed by atoms with Gasteiger partial charge in [0.25, 0.3) is 5.56 Å². The second kappa shape index (κ2) is 7.23. The first-order valence-electron chi connectivity index (χ1n) is 10.1. The molecule has 0 aromatic carbocycles. The van der Waals surface area contributed by atoms with Gasteiger partial charge in [-0.1, -0.05) is 0 Å². The molecular weight excluding hydrogens is 395 g/mol. The second-order valence-electron chi connectivity index (χ2n) is 7.98. The van der Waals surface area contributed by atoms with Gasteiger partial charge in [0.15, 0.2) is 11.5 Å². The van der Waals surface area contributed by atoms with Crippen molar-refractivity contribution in [3.05, 3.63) is 81.0 Å². The van der Waals surface area contributed by atoms with E-state index in [2.05, 4.69) is 31.0 Å². The van der Waals surface area contributed by atoms with E-state index >= 15 is 0 Å². The van der Waals surface area contributed by atoms with Gasteiger partial charge in [-0.15, -0.1) is 5.10 Å². The molecule has 5 rings (SSSR count). The van der Waals surface area contributed by atoms with Gasteiger partial charge in [-0.25, -0.2) is 9.97 Å². The minimum atomic E-state index is -0.509. The molecule has 5 heterocycles. The van der Waals surface area contributed by atoms with E-state index in [0.717, 1.165) is 52.3 Å². The van der Waals surface area contributed by atoms with Gasteiger partial charge in [0.1, 0.15) is 0 Å². The monoisotopic (exact) mass is 416 g/mol. The molecule has 0 spiro atoms. The molecule has 31 heavy (non-hydrogen) atoms. The number of halogens is 1. The Morgan fingerprint density at radius 3 is 2.68 bits per heavy atom. The van der Waals surface area contributed by atoms with Crippen molar-refractivity contribution >= 4 is 11.5 Å². The van der Waals surface area contributed by atoms with E-state index < -0.39 is 5.95 Å². The Balaban J connectivity index is 1.54. The van der Waals surface area contributed by atoms with Crippen LogP contribution in [0.15, 0.2) is 41.5 Å². The smallest absolute Gasteiger partial charge is 0.274 e. The lowest BCUT2D eigenvalue weighted by atomic mass is 9.98. The molecule has 0 N–H and O–H groups in total. The highest BCUT2D eigenvalue weighted by molar-refractivity contribution is 5.67. The molecule has 0 saturated carbocycles. The highest BCUT2D eigenvalue weighted by atomic mass is 19.1. The number of aryl methyl sites for hydroxylation is 3. The van der Waals surface area contributed by atoms with Gasteiger partial charge >= 0.3 is 0 Å². The molecule has 0 atom stereocenters. The van der Waals surface area contributed by atoms with Gasteiger partial charge in [0.05, 0.1) is 0 Å². The van der Waals surface area contributed by atoms with Crippen molar-refractivity contribution in [1.29, 1.82) is 0 Å². The number of hydrogen-bond donors (Lipinski definition) is 0. The molecule has 0 unspecified atom stereocenters. The SMILES string of the molecule is Cc1cc(=O)n2nc(N3CCc4ncc(-c5cc(F)ncc5C)cc4C3)c(C)cc2n1. The summed E-state index contributed by atoms with van der Waals surface area (Å²) in [6.07, 6.45) is 4.09. The standard InChI is InChI=1S/C23H21FN6O/c1-13-6-21-27-15(3)7-22(31)30(21)28-23(13)29-5-4-19-17(12-29)8-16(11-25-19)18-9-20(24)26-10-14(18)2/h6-11H,4-5,12H2,1-3H3. The molecule has 1 aliphatic heterocycles. The van der Waals surface area contributed by atoms with Crippen molar-refractivity contribution in [3.63, 3.8) is 0 Å². The van der Waals surface area contributed by atoms with Crippen LogP contribution in [0, 0.1) is 26.7 Å². The minimum Gasteiger partial charge on any atom is -0.350 e. The number of fused-ring (bicyclic) bond motifs is 2. The number of nitrogens with zero attached hydrogens (tertiary/aromatic N) is 6. The molecular formula is C23H21FN6O. The third-order valence-electron chi connectivity index (χ3n) is 5.66. The lowest BCUT2D eigenvalue weighted by Crippen LogP contribution is -2.33. The van der Waals surface area contributed by atoms with Crippen LogP contribution < -0.4 is 10.5 Å². The van der Waals surface area contributed by atoms with Crippen LogP contribution in [0.25, 0.3) is 16.8 Å². The van der Waals surface area contributed by atoms with E-state index in [-0.39, 0.29) is 5.56 Å². The summed E-state index contributed by atoms with van der Waals surface area (Å²) in [5, 5.41) is 4.61. The molecule has 0 aliphatic carbocycles. The zero-order valence-corrected chi connectivity index (χ0v) is 17.6. The molecule has 0 saturated heterocycles. The maximum absolute atomic E-state index is 13.7. The van der Waals surface area contributed by atoms with Crippen molar-refractivity contribution < 1.29 is 4.39 Å². The molecule has 8 heteroatoms. The number of hydrogen-bond acceptors (Lipinski definition) is 6. The van der Waals surface area contributed by atoms with E-state index in [0.29, 0.717) is 17.9 Å². The molecule has 0 radical (unpaired) electrons. The number of anilines is 1. The number of rotatable bonds is 2. The zero-order valence-electron chi connectivity index (χ0n) is 17.6. The maximum Gasteiger partial charge on any atom is 0.274 e. The maximum atomic E-state index is 13.7. The first kappa shape index (κ1) is 19.3. The van der Waals surface area contributed by atoms with Crippen LogP contribution >= 0.6 is 0 Å². The molecule has 7 nitrogen and oxygen atoms in total. The molecule has 0 fully saturated rings. The average Bonchev–Trinajstić information content (AvgIpc) is 2.74. The van der Waals surface area contributed by atoms with Crippen LogP contribution in [-0.4, -0.2) is 31.1 Å². The van der Waals surface area contributed by atoms with Crippen LogP contribution in [0.5, 0.6) is 0 Å². The normalized spacial score (nSPS) is 13.5. The molecule has 0 amide bonds. The Morgan fingerprint density at radius 2 is 1.84 bits per heavy atom. The Hall–Kier alpha value is -3.68. The third kappa shape index (κ3) is 3.43. The molecule has 1 aliphatic rings. The van der Waals surface area contributed by atoms with E-state index in [9.17, 15) is 9.18 Å². The fourth-order valence-electron chi connectivity index (χ4n) is 4.11. The summed E-state index contributed by atoms with van der Waals surface area (Å²) in [6.45, 7) is 7.03. The van der Waals surface area contributed by atoms with Gasteiger partial charge in [-0.05, 0) is 55.2 Å². The zero-order chi connectivity index (χ0) is 21.7. The quantitative estimate of drug-likeness (QED) is 0.467. The summed E-state index contributed by atoms with van der Waals surface area (Å²) in [7, 11) is 0. The number of pyridine rings is 2. The average molecular weight is 416 g/mol. The molecule has 0 bridgehead atoms. The summed E-state index contributed by atoms with van der Waals surface area (Å²) in [5.41, 5.74) is 6.61. The van der Waals surface area contributed by atoms with E-state index in [1.165, 1.54) is 22.8 Å². The summed E-state index contributed by atoms with van der Waals surface area (Å²) >= 11 is 0. The van der Waals surface area contributed by atoms with Gasteiger partial charge < -0.3 is 4.90 Å². The largest absolute Gasteiger partial charge is 0.350 e. The van der Waals surface area contributed by atoms with E-state index in [1.54, 1.807) is 13.1 Å². The summed E-state index contributed by atoms with van der Waals surface area (Å²) in [6, 6.07) is 6.88. The topological polar surface area (TPSA) is 76.3 Å². The van der Waals surface area contributed by atoms with E-state index in [4.69, 9.17) is 0 Å². The Morgan fingerprint density at radius 1 is 1.00 bits per heavy atom. The van der Waals surface area contributed by atoms with Crippen LogP contribution in [0.3, 0.4) is 0 Å². The van der Waals surface area contributed by atoms with Crippen molar-refractivity contribution in [2.75, 3.05) is 11.4 Å². The van der Waals surface area contributed by atoms with E-state index in [1.807, 2.05) is 19.9 Å². The van der Waals surface area contributed by atoms with Crippen molar-refractivity contribution in [3.8, 4) is 11.1 Å². The summed E-state index contributed by atoms with van der Waals surface area (Å²) < 4.78 is 15.1. The Labute approximate surface area is 178 Å². The lowest BCUT2D eigenvalue weighted by Gasteiger charge is -2.30. The predicted octanol–water partition coefficient (Wildman–Crippen LogP) is 3.17. The first-order valence-corrected chi connectivity index (χ1v) is 10.1. The van der Waals surface area contributed by atoms with Gasteiger partial charge in [0.2, 0.25) is 5.95 Å². The molecule has 156 valence electrons. The Kier molecular flexibility index (Phi) is 4.50. The van der Waals surface area contributed by atoms with Gasteiger partial charge in [-0.3, -0.25) is 9.78 Å². The van der Waals surface area contributed by atoms with Crippen LogP contribution in [0.4, 0.5) is 10.2 Å².